The lowest BCUT2D eigenvalue weighted by atomic mass is 9.74. The van der Waals surface area contributed by atoms with Crippen LogP contribution in [0.15, 0.2) is 82.2 Å². The van der Waals surface area contributed by atoms with Crippen molar-refractivity contribution in [3.05, 3.63) is 120 Å². The molecule has 0 saturated carbocycles. The van der Waals surface area contributed by atoms with Gasteiger partial charge in [0.2, 0.25) is 0 Å². The Labute approximate surface area is 248 Å². The Morgan fingerprint density at radius 1 is 1.10 bits per heavy atom. The zero-order valence-corrected chi connectivity index (χ0v) is 24.6. The van der Waals surface area contributed by atoms with E-state index in [9.17, 15) is 20.2 Å². The first-order valence-electron chi connectivity index (χ1n) is 13.3. The molecule has 0 amide bonds. The number of aryl methyl sites for hydroxylation is 3. The van der Waals surface area contributed by atoms with Crippen LogP contribution < -0.4 is 10.6 Å². The lowest BCUT2D eigenvalue weighted by molar-refractivity contribution is -0.384. The van der Waals surface area contributed by atoms with E-state index in [2.05, 4.69) is 56.3 Å². The number of hydrogen-bond donors (Lipinski definition) is 1. The predicted molar refractivity (Wildman–Crippen MR) is 163 cm³/mol. The van der Waals surface area contributed by atoms with Crippen LogP contribution in [-0.2, 0) is 10.5 Å². The minimum atomic E-state index is -0.639. The van der Waals surface area contributed by atoms with E-state index in [0.717, 1.165) is 32.9 Å². The number of halogens is 1. The first-order valence-corrected chi connectivity index (χ1v) is 14.7. The number of nitro benzene ring substituents is 1. The number of non-ortho nitro benzene ring substituents is 1. The maximum absolute atomic E-state index is 13.6. The van der Waals surface area contributed by atoms with Crippen LogP contribution >= 0.6 is 23.4 Å². The van der Waals surface area contributed by atoms with Crippen molar-refractivity contribution in [1.29, 1.82) is 5.26 Å². The smallest absolute Gasteiger partial charge is 0.271 e. The number of hydrogen-bond acceptors (Lipinski definition) is 7. The first kappa shape index (κ1) is 28.5. The van der Waals surface area contributed by atoms with Gasteiger partial charge in [0.15, 0.2) is 5.78 Å². The summed E-state index contributed by atoms with van der Waals surface area (Å²) in [5.74, 6) is 0.161. The summed E-state index contributed by atoms with van der Waals surface area (Å²) in [6.45, 7) is 6.12. The number of ketones is 1. The number of nitriles is 1. The van der Waals surface area contributed by atoms with Gasteiger partial charge < -0.3 is 5.73 Å². The van der Waals surface area contributed by atoms with Gasteiger partial charge >= 0.3 is 0 Å². The van der Waals surface area contributed by atoms with Crippen molar-refractivity contribution >= 4 is 40.5 Å². The number of nitrogens with two attached hydrogens (primary N) is 1. The highest BCUT2D eigenvalue weighted by Gasteiger charge is 2.41. The number of thioether (sulfide) groups is 1. The minimum absolute atomic E-state index is 0.0568. The van der Waals surface area contributed by atoms with E-state index in [1.165, 1.54) is 23.8 Å². The summed E-state index contributed by atoms with van der Waals surface area (Å²) in [6.07, 6.45) is 1.48. The fourth-order valence-electron chi connectivity index (χ4n) is 5.64. The van der Waals surface area contributed by atoms with Crippen molar-refractivity contribution < 1.29 is 9.72 Å². The molecule has 0 spiro atoms. The van der Waals surface area contributed by atoms with Gasteiger partial charge in [0.05, 0.1) is 33.2 Å². The average molecular weight is 585 g/mol. The lowest BCUT2D eigenvalue weighted by Gasteiger charge is -2.40. The van der Waals surface area contributed by atoms with E-state index in [-0.39, 0.29) is 33.6 Å². The Hall–Kier alpha value is -4.06. The SMILES string of the molecule is Cc1ccc(SCc2cc(C3C(C#N)=C(N)N(c4cc([N+](=O)[O-])ccc4Cl)C4=C3C(=O)CCC4)c(C)cc2C)cc1. The molecule has 2 N–H and O–H groups in total. The van der Waals surface area contributed by atoms with Gasteiger partial charge in [0, 0.05) is 40.5 Å². The Morgan fingerprint density at radius 3 is 2.51 bits per heavy atom. The van der Waals surface area contributed by atoms with Crippen molar-refractivity contribution in [3.63, 3.8) is 0 Å². The number of anilines is 1. The van der Waals surface area contributed by atoms with Crippen LogP contribution in [0.5, 0.6) is 0 Å². The highest BCUT2D eigenvalue weighted by Crippen LogP contribution is 2.49. The summed E-state index contributed by atoms with van der Waals surface area (Å²) in [7, 11) is 0. The van der Waals surface area contributed by atoms with Crippen LogP contribution in [0.1, 0.15) is 53.0 Å². The van der Waals surface area contributed by atoms with Gasteiger partial charge in [0.1, 0.15) is 5.82 Å². The van der Waals surface area contributed by atoms with Gasteiger partial charge in [-0.25, -0.2) is 0 Å². The number of carbonyl (C=O) groups excluding carboxylic acids is 1. The van der Waals surface area contributed by atoms with E-state index in [1.807, 2.05) is 6.92 Å². The number of Topliss-reactive ketones (excluding diaryl/α,β-unsaturated/α-hetero) is 1. The average Bonchev–Trinajstić information content (AvgIpc) is 2.94. The third kappa shape index (κ3) is 5.35. The topological polar surface area (TPSA) is 113 Å². The van der Waals surface area contributed by atoms with Gasteiger partial charge in [-0.3, -0.25) is 19.8 Å². The Bertz CT molecular complexity index is 1690. The monoisotopic (exact) mass is 584 g/mol. The second kappa shape index (κ2) is 11.4. The van der Waals surface area contributed by atoms with Crippen LogP contribution in [0.4, 0.5) is 11.4 Å². The molecule has 0 fully saturated rings. The number of benzene rings is 3. The first-order chi connectivity index (χ1) is 19.6. The number of nitro groups is 1. The summed E-state index contributed by atoms with van der Waals surface area (Å²) in [5.41, 5.74) is 13.5. The number of carbonyl (C=O) groups is 1. The van der Waals surface area contributed by atoms with Gasteiger partial charge in [-0.1, -0.05) is 41.4 Å². The van der Waals surface area contributed by atoms with Crippen molar-refractivity contribution in [2.24, 2.45) is 5.73 Å². The zero-order valence-electron chi connectivity index (χ0n) is 23.0. The second-order valence-corrected chi connectivity index (χ2v) is 11.9. The zero-order chi connectivity index (χ0) is 29.4. The molecule has 3 aromatic carbocycles. The third-order valence-electron chi connectivity index (χ3n) is 7.75. The largest absolute Gasteiger partial charge is 0.384 e. The number of rotatable bonds is 6. The molecule has 0 saturated heterocycles. The number of allylic oxidation sites excluding steroid dienone is 3. The summed E-state index contributed by atoms with van der Waals surface area (Å²) in [6, 6.07) is 19.0. The number of nitrogens with zero attached hydrogens (tertiary/aromatic N) is 3. The highest BCUT2D eigenvalue weighted by atomic mass is 35.5. The molecule has 1 heterocycles. The maximum Gasteiger partial charge on any atom is 0.271 e. The standard InChI is InChI=1S/C32H29ClN4O3S/c1-18-7-10-23(11-8-18)41-17-21-14-24(20(3)13-19(21)2)30-25(16-34)32(35)36(27-5-4-6-29(38)31(27)30)28-15-22(37(39)40)9-12-26(28)33/h7-15,30H,4-6,17,35H2,1-3H3. The predicted octanol–water partition coefficient (Wildman–Crippen LogP) is 7.77. The fraction of sp³-hybridized carbons (Fsp3) is 0.250. The fourth-order valence-corrected chi connectivity index (χ4v) is 6.80. The second-order valence-electron chi connectivity index (χ2n) is 10.4. The molecule has 9 heteroatoms. The molecule has 2 aliphatic rings. The molecule has 1 aliphatic carbocycles. The summed E-state index contributed by atoms with van der Waals surface area (Å²) >= 11 is 8.27. The highest BCUT2D eigenvalue weighted by molar-refractivity contribution is 7.98. The van der Waals surface area contributed by atoms with E-state index in [1.54, 1.807) is 16.7 Å². The summed E-state index contributed by atoms with van der Waals surface area (Å²) < 4.78 is 0. The molecule has 0 bridgehead atoms. The molecule has 41 heavy (non-hydrogen) atoms. The summed E-state index contributed by atoms with van der Waals surface area (Å²) in [5, 5.41) is 22.2. The lowest BCUT2D eigenvalue weighted by Crippen LogP contribution is -2.39. The minimum Gasteiger partial charge on any atom is -0.384 e. The van der Waals surface area contributed by atoms with Crippen LogP contribution in [0.3, 0.4) is 0 Å². The van der Waals surface area contributed by atoms with Gasteiger partial charge in [-0.15, -0.1) is 11.8 Å². The molecular formula is C32H29ClN4O3S. The van der Waals surface area contributed by atoms with E-state index < -0.39 is 10.8 Å². The molecular weight excluding hydrogens is 556 g/mol. The van der Waals surface area contributed by atoms with Crippen molar-refractivity contribution in [3.8, 4) is 6.07 Å². The molecule has 3 aromatic rings. The Kier molecular flexibility index (Phi) is 7.94. The molecule has 0 aromatic heterocycles. The van der Waals surface area contributed by atoms with Gasteiger partial charge in [0.25, 0.3) is 5.69 Å². The molecule has 0 radical (unpaired) electrons. The van der Waals surface area contributed by atoms with Crippen LogP contribution in [-0.4, -0.2) is 10.7 Å². The van der Waals surface area contributed by atoms with Crippen LogP contribution in [0.25, 0.3) is 0 Å². The normalized spacial score (nSPS) is 17.0. The quantitative estimate of drug-likeness (QED) is 0.179. The van der Waals surface area contributed by atoms with Gasteiger partial charge in [-0.2, -0.15) is 5.26 Å². The molecule has 1 atom stereocenters. The summed E-state index contributed by atoms with van der Waals surface area (Å²) in [4.78, 5) is 27.4. The molecule has 1 unspecified atom stereocenters. The van der Waals surface area contributed by atoms with Gasteiger partial charge in [-0.05, 0) is 74.1 Å². The van der Waals surface area contributed by atoms with Crippen molar-refractivity contribution in [2.75, 3.05) is 4.90 Å². The van der Waals surface area contributed by atoms with E-state index in [0.29, 0.717) is 30.5 Å². The Morgan fingerprint density at radius 2 is 1.83 bits per heavy atom. The molecule has 208 valence electrons. The van der Waals surface area contributed by atoms with Crippen LogP contribution in [0, 0.1) is 42.2 Å². The molecule has 1 aliphatic heterocycles. The van der Waals surface area contributed by atoms with Crippen molar-refractivity contribution in [2.45, 2.75) is 56.6 Å². The molecule has 5 rings (SSSR count). The maximum atomic E-state index is 13.6. The van der Waals surface area contributed by atoms with E-state index in [4.69, 9.17) is 17.3 Å². The van der Waals surface area contributed by atoms with Crippen molar-refractivity contribution in [1.82, 2.24) is 0 Å². The molecule has 7 nitrogen and oxygen atoms in total. The Balaban J connectivity index is 1.65. The van der Waals surface area contributed by atoms with Crippen LogP contribution in [0.2, 0.25) is 5.02 Å². The van der Waals surface area contributed by atoms with E-state index >= 15 is 0 Å². The third-order valence-corrected chi connectivity index (χ3v) is 9.13.